The molecule has 0 spiro atoms. The molecule has 5 heteroatoms. The van der Waals surface area contributed by atoms with E-state index >= 15 is 0 Å². The van der Waals surface area contributed by atoms with E-state index in [1.165, 1.54) is 12.1 Å². The smallest absolute Gasteiger partial charge is 0.166 e. The Morgan fingerprint density at radius 3 is 1.94 bits per heavy atom. The van der Waals surface area contributed by atoms with E-state index in [2.05, 4.69) is 0 Å². The van der Waals surface area contributed by atoms with Crippen LogP contribution in [0.1, 0.15) is 5.56 Å². The van der Waals surface area contributed by atoms with E-state index in [1.807, 2.05) is 0 Å². The van der Waals surface area contributed by atoms with Crippen molar-refractivity contribution in [3.8, 4) is 11.1 Å². The van der Waals surface area contributed by atoms with Crippen LogP contribution in [-0.4, -0.2) is 0 Å². The first kappa shape index (κ1) is 13.2. The van der Waals surface area contributed by atoms with Crippen molar-refractivity contribution >= 4 is 23.2 Å². The molecule has 0 atom stereocenters. The fourth-order valence-electron chi connectivity index (χ4n) is 1.56. The lowest BCUT2D eigenvalue weighted by Crippen LogP contribution is -2.03. The van der Waals surface area contributed by atoms with Crippen LogP contribution >= 0.6 is 23.2 Å². The first-order valence-electron chi connectivity index (χ1n) is 5.00. The molecule has 2 aromatic rings. The van der Waals surface area contributed by atoms with Crippen LogP contribution < -0.4 is 0 Å². The van der Waals surface area contributed by atoms with Crippen LogP contribution in [0.2, 0.25) is 10.0 Å². The first-order chi connectivity index (χ1) is 8.38. The van der Waals surface area contributed by atoms with Gasteiger partial charge >= 0.3 is 6.18 Å². The Bertz CT molecular complexity index is 559. The number of benzene rings is 2. The van der Waals surface area contributed by atoms with Gasteiger partial charge in [-0.3, -0.25) is 0 Å². The molecule has 0 bridgehead atoms. The summed E-state index contributed by atoms with van der Waals surface area (Å²) in [6.07, 6.45) is -4.33. The van der Waals surface area contributed by atoms with Gasteiger partial charge in [0.25, 0.3) is 0 Å². The predicted molar refractivity (Wildman–Crippen MR) is 66.9 cm³/mol. The monoisotopic (exact) mass is 290 g/mol. The molecule has 0 aliphatic rings. The van der Waals surface area contributed by atoms with Crippen LogP contribution in [0.5, 0.6) is 0 Å². The lowest BCUT2D eigenvalue weighted by atomic mass is 10.0. The number of hydrogen-bond acceptors (Lipinski definition) is 0. The van der Waals surface area contributed by atoms with E-state index in [9.17, 15) is 13.2 Å². The molecule has 94 valence electrons. The maximum absolute atomic E-state index is 12.4. The molecule has 0 aliphatic carbocycles. The molecule has 0 aromatic heterocycles. The summed E-state index contributed by atoms with van der Waals surface area (Å²) in [5, 5.41) is 0.887. The minimum atomic E-state index is -4.33. The van der Waals surface area contributed by atoms with E-state index < -0.39 is 11.7 Å². The highest BCUT2D eigenvalue weighted by molar-refractivity contribution is 6.36. The topological polar surface area (TPSA) is 0 Å². The van der Waals surface area contributed by atoms with Gasteiger partial charge in [-0.15, -0.1) is 0 Å². The summed E-state index contributed by atoms with van der Waals surface area (Å²) in [5.41, 5.74) is 0.579. The van der Waals surface area contributed by atoms with Crippen molar-refractivity contribution in [2.24, 2.45) is 0 Å². The summed E-state index contributed by atoms with van der Waals surface area (Å²) in [4.78, 5) is 0. The van der Waals surface area contributed by atoms with Crippen molar-refractivity contribution in [3.05, 3.63) is 58.1 Å². The largest absolute Gasteiger partial charge is 0.416 e. The third-order valence-electron chi connectivity index (χ3n) is 2.45. The van der Waals surface area contributed by atoms with E-state index in [1.54, 1.807) is 18.2 Å². The molecule has 0 nitrogen and oxygen atoms in total. The summed E-state index contributed by atoms with van der Waals surface area (Å²) >= 11 is 11.7. The predicted octanol–water partition coefficient (Wildman–Crippen LogP) is 5.68. The summed E-state index contributed by atoms with van der Waals surface area (Å²) in [6.45, 7) is 0. The molecule has 2 aromatic carbocycles. The van der Waals surface area contributed by atoms with Gasteiger partial charge in [0.1, 0.15) is 0 Å². The summed E-state index contributed by atoms with van der Waals surface area (Å²) in [6, 6.07) is 9.69. The molecule has 0 aliphatic heterocycles. The lowest BCUT2D eigenvalue weighted by Gasteiger charge is -2.09. The van der Waals surface area contributed by atoms with Gasteiger partial charge in [-0.1, -0.05) is 41.4 Å². The Kier molecular flexibility index (Phi) is 3.55. The van der Waals surface area contributed by atoms with Crippen molar-refractivity contribution in [1.29, 1.82) is 0 Å². The lowest BCUT2D eigenvalue weighted by molar-refractivity contribution is -0.137. The molecule has 0 amide bonds. The highest BCUT2D eigenvalue weighted by Crippen LogP contribution is 2.33. The molecule has 0 heterocycles. The second kappa shape index (κ2) is 4.82. The third kappa shape index (κ3) is 2.79. The van der Waals surface area contributed by atoms with Crippen LogP contribution in [0.15, 0.2) is 42.5 Å². The van der Waals surface area contributed by atoms with Gasteiger partial charge < -0.3 is 0 Å². The zero-order valence-corrected chi connectivity index (χ0v) is 10.4. The SMILES string of the molecule is FC(F)(F)c1ccc(-c2ccc(Cl)cc2Cl)cc1. The van der Waals surface area contributed by atoms with E-state index in [-0.39, 0.29) is 0 Å². The van der Waals surface area contributed by atoms with Crippen molar-refractivity contribution in [2.45, 2.75) is 6.18 Å². The molecule has 0 N–H and O–H groups in total. The van der Waals surface area contributed by atoms with Crippen LogP contribution in [0.25, 0.3) is 11.1 Å². The highest BCUT2D eigenvalue weighted by atomic mass is 35.5. The third-order valence-corrected chi connectivity index (χ3v) is 3.00. The van der Waals surface area contributed by atoms with Crippen LogP contribution in [0, 0.1) is 0 Å². The Labute approximate surface area is 112 Å². The Morgan fingerprint density at radius 2 is 1.44 bits per heavy atom. The van der Waals surface area contributed by atoms with Crippen molar-refractivity contribution in [1.82, 2.24) is 0 Å². The second-order valence-electron chi connectivity index (χ2n) is 3.70. The Balaban J connectivity index is 2.41. The zero-order chi connectivity index (χ0) is 13.3. The van der Waals surface area contributed by atoms with Gasteiger partial charge in [-0.25, -0.2) is 0 Å². The molecule has 0 saturated heterocycles. The van der Waals surface area contributed by atoms with E-state index in [4.69, 9.17) is 23.2 Å². The molecule has 18 heavy (non-hydrogen) atoms. The van der Waals surface area contributed by atoms with Crippen molar-refractivity contribution < 1.29 is 13.2 Å². The fourth-order valence-corrected chi connectivity index (χ4v) is 2.08. The van der Waals surface area contributed by atoms with Crippen LogP contribution in [0.3, 0.4) is 0 Å². The van der Waals surface area contributed by atoms with Gasteiger partial charge in [-0.05, 0) is 29.8 Å². The molecule has 0 unspecified atom stereocenters. The average molecular weight is 291 g/mol. The van der Waals surface area contributed by atoms with Crippen molar-refractivity contribution in [2.75, 3.05) is 0 Å². The zero-order valence-electron chi connectivity index (χ0n) is 8.93. The summed E-state index contributed by atoms with van der Waals surface area (Å²) in [5.74, 6) is 0. The normalized spacial score (nSPS) is 11.6. The maximum Gasteiger partial charge on any atom is 0.416 e. The molecule has 2 rings (SSSR count). The van der Waals surface area contributed by atoms with Gasteiger partial charge in [0.2, 0.25) is 0 Å². The second-order valence-corrected chi connectivity index (χ2v) is 4.54. The first-order valence-corrected chi connectivity index (χ1v) is 5.76. The molecule has 0 saturated carbocycles. The van der Waals surface area contributed by atoms with Gasteiger partial charge in [0.05, 0.1) is 5.56 Å². The quantitative estimate of drug-likeness (QED) is 0.634. The van der Waals surface area contributed by atoms with E-state index in [0.717, 1.165) is 12.1 Å². The van der Waals surface area contributed by atoms with Crippen LogP contribution in [-0.2, 0) is 6.18 Å². The number of rotatable bonds is 1. The van der Waals surface area contributed by atoms with Crippen molar-refractivity contribution in [3.63, 3.8) is 0 Å². The summed E-state index contributed by atoms with van der Waals surface area (Å²) < 4.78 is 37.2. The maximum atomic E-state index is 12.4. The number of halogens is 5. The van der Waals surface area contributed by atoms with E-state index in [0.29, 0.717) is 21.2 Å². The molecule has 0 fully saturated rings. The van der Waals surface area contributed by atoms with Gasteiger partial charge in [-0.2, -0.15) is 13.2 Å². The Morgan fingerprint density at radius 1 is 0.833 bits per heavy atom. The molecule has 0 radical (unpaired) electrons. The number of alkyl halides is 3. The Hall–Kier alpha value is -1.19. The minimum Gasteiger partial charge on any atom is -0.166 e. The number of hydrogen-bond donors (Lipinski definition) is 0. The molecular weight excluding hydrogens is 284 g/mol. The fraction of sp³-hybridized carbons (Fsp3) is 0.0769. The minimum absolute atomic E-state index is 0.405. The molecular formula is C13H7Cl2F3. The average Bonchev–Trinajstić information content (AvgIpc) is 2.28. The highest BCUT2D eigenvalue weighted by Gasteiger charge is 2.29. The summed E-state index contributed by atoms with van der Waals surface area (Å²) in [7, 11) is 0. The van der Waals surface area contributed by atoms with Gasteiger partial charge in [0.15, 0.2) is 0 Å². The van der Waals surface area contributed by atoms with Crippen LogP contribution in [0.4, 0.5) is 13.2 Å². The van der Waals surface area contributed by atoms with Gasteiger partial charge in [0, 0.05) is 15.6 Å². The standard InChI is InChI=1S/C13H7Cl2F3/c14-10-5-6-11(12(15)7-10)8-1-3-9(4-2-8)13(16,17)18/h1-7H.